The van der Waals surface area contributed by atoms with Crippen LogP contribution in [0.4, 0.5) is 4.39 Å². The summed E-state index contributed by atoms with van der Waals surface area (Å²) in [6, 6.07) is 18.5. The third kappa shape index (κ3) is 6.48. The van der Waals surface area contributed by atoms with Crippen molar-refractivity contribution in [2.75, 3.05) is 20.3 Å². The van der Waals surface area contributed by atoms with Crippen molar-refractivity contribution in [3.63, 3.8) is 0 Å². The molecule has 1 N–H and O–H groups in total. The van der Waals surface area contributed by atoms with E-state index in [1.807, 2.05) is 36.4 Å². The monoisotopic (exact) mass is 531 g/mol. The normalized spacial score (nSPS) is 11.8. The number of carboxylic acids is 1. The van der Waals surface area contributed by atoms with Crippen LogP contribution in [0.2, 0.25) is 5.02 Å². The zero-order valence-corrected chi connectivity index (χ0v) is 21.1. The summed E-state index contributed by atoms with van der Waals surface area (Å²) < 4.78 is 30.5. The van der Waals surface area contributed by atoms with E-state index in [0.29, 0.717) is 22.3 Å². The Labute approximate surface area is 224 Å². The molecule has 38 heavy (non-hydrogen) atoms. The van der Waals surface area contributed by atoms with Gasteiger partial charge in [-0.15, -0.1) is 6.42 Å². The van der Waals surface area contributed by atoms with Crippen molar-refractivity contribution >= 4 is 40.6 Å². The van der Waals surface area contributed by atoms with Crippen molar-refractivity contribution in [1.29, 1.82) is 0 Å². The number of methoxy groups -OCH3 is 1. The molecule has 3 aromatic carbocycles. The molecule has 1 aromatic heterocycles. The molecule has 6 nitrogen and oxygen atoms in total. The van der Waals surface area contributed by atoms with Crippen molar-refractivity contribution in [3.05, 3.63) is 100.0 Å². The predicted octanol–water partition coefficient (Wildman–Crippen LogP) is 6.67. The molecule has 4 rings (SSSR count). The highest BCUT2D eigenvalue weighted by Crippen LogP contribution is 2.27. The number of nitrogens with zero attached hydrogens (tertiary/aromatic N) is 1. The van der Waals surface area contributed by atoms with Crippen molar-refractivity contribution in [1.82, 2.24) is 4.98 Å². The lowest BCUT2D eigenvalue weighted by Gasteiger charge is -2.19. The topological polar surface area (TPSA) is 77.9 Å². The van der Waals surface area contributed by atoms with Gasteiger partial charge in [0.1, 0.15) is 42.2 Å². The van der Waals surface area contributed by atoms with Crippen LogP contribution in [0.3, 0.4) is 0 Å². The predicted molar refractivity (Wildman–Crippen MR) is 145 cm³/mol. The second-order valence-corrected chi connectivity index (χ2v) is 8.59. The fourth-order valence-electron chi connectivity index (χ4n) is 3.75. The summed E-state index contributed by atoms with van der Waals surface area (Å²) in [5, 5.41) is 10.2. The Morgan fingerprint density at radius 1 is 1.16 bits per heavy atom. The minimum Gasteiger partial charge on any atom is -0.497 e. The van der Waals surface area contributed by atoms with Crippen molar-refractivity contribution in [3.8, 4) is 23.8 Å². The van der Waals surface area contributed by atoms with E-state index < -0.39 is 17.9 Å². The first-order valence-corrected chi connectivity index (χ1v) is 11.9. The molecule has 8 heteroatoms. The summed E-state index contributed by atoms with van der Waals surface area (Å²) in [5.41, 5.74) is 2.90. The number of ether oxygens (including phenoxy) is 3. The van der Waals surface area contributed by atoms with Gasteiger partial charge in [-0.05, 0) is 59.7 Å². The van der Waals surface area contributed by atoms with Crippen LogP contribution in [-0.4, -0.2) is 36.4 Å². The largest absolute Gasteiger partial charge is 0.497 e. The van der Waals surface area contributed by atoms with E-state index in [2.05, 4.69) is 10.9 Å². The molecular formula is C30H23ClFNO5. The van der Waals surface area contributed by atoms with Crippen LogP contribution in [0, 0.1) is 18.2 Å². The maximum Gasteiger partial charge on any atom is 0.339 e. The molecule has 1 heterocycles. The van der Waals surface area contributed by atoms with E-state index in [1.54, 1.807) is 18.2 Å². The fourth-order valence-corrected chi connectivity index (χ4v) is 3.91. The molecule has 0 radical (unpaired) electrons. The van der Waals surface area contributed by atoms with Crippen LogP contribution < -0.4 is 9.47 Å². The number of rotatable bonds is 10. The Kier molecular flexibility index (Phi) is 8.59. The molecule has 0 spiro atoms. The van der Waals surface area contributed by atoms with E-state index >= 15 is 0 Å². The summed E-state index contributed by atoms with van der Waals surface area (Å²) in [7, 11) is 1.46. The first-order valence-electron chi connectivity index (χ1n) is 11.5. The molecule has 4 aromatic rings. The SMILES string of the molecule is C#CCO[C@H](COc1ccc(OC)cc1C(=O)O)c1cccc(/C=C/c2ccc3cc(F)c(Cl)cc3n2)c1. The number of carboxylic acid groups (broad SMARTS) is 1. The number of terminal acetylenes is 1. The van der Waals surface area contributed by atoms with Crippen molar-refractivity contribution in [2.45, 2.75) is 6.10 Å². The van der Waals surface area contributed by atoms with Crippen molar-refractivity contribution < 1.29 is 28.5 Å². The Hall–Kier alpha value is -4.38. The zero-order chi connectivity index (χ0) is 27.1. The molecule has 0 aliphatic rings. The molecule has 0 fully saturated rings. The summed E-state index contributed by atoms with van der Waals surface area (Å²) >= 11 is 5.90. The van der Waals surface area contributed by atoms with Gasteiger partial charge in [-0.2, -0.15) is 0 Å². The number of benzene rings is 3. The highest BCUT2D eigenvalue weighted by Gasteiger charge is 2.17. The lowest BCUT2D eigenvalue weighted by atomic mass is 10.1. The van der Waals surface area contributed by atoms with Gasteiger partial charge in [0.05, 0.1) is 23.3 Å². The highest BCUT2D eigenvalue weighted by molar-refractivity contribution is 6.31. The molecular weight excluding hydrogens is 509 g/mol. The summed E-state index contributed by atoms with van der Waals surface area (Å²) in [6.07, 6.45) is 8.56. The lowest BCUT2D eigenvalue weighted by molar-refractivity contribution is 0.0375. The number of hydrogen-bond acceptors (Lipinski definition) is 5. The van der Waals surface area contributed by atoms with Gasteiger partial charge in [0.2, 0.25) is 0 Å². The maximum absolute atomic E-state index is 13.7. The highest BCUT2D eigenvalue weighted by atomic mass is 35.5. The van der Waals surface area contributed by atoms with E-state index in [9.17, 15) is 14.3 Å². The van der Waals surface area contributed by atoms with Crippen LogP contribution in [0.25, 0.3) is 23.1 Å². The van der Waals surface area contributed by atoms with Crippen LogP contribution in [0.5, 0.6) is 11.5 Å². The molecule has 192 valence electrons. The molecule has 0 saturated carbocycles. The number of pyridine rings is 1. The number of aromatic carboxylic acids is 1. The van der Waals surface area contributed by atoms with Gasteiger partial charge in [-0.25, -0.2) is 14.2 Å². The van der Waals surface area contributed by atoms with Crippen LogP contribution >= 0.6 is 11.6 Å². The Morgan fingerprint density at radius 2 is 2.00 bits per heavy atom. The molecule has 0 aliphatic heterocycles. The van der Waals surface area contributed by atoms with Gasteiger partial charge in [0.25, 0.3) is 0 Å². The van der Waals surface area contributed by atoms with E-state index in [4.69, 9.17) is 32.2 Å². The number of hydrogen-bond donors (Lipinski definition) is 1. The fraction of sp³-hybridized carbons (Fsp3) is 0.133. The van der Waals surface area contributed by atoms with E-state index in [-0.39, 0.29) is 29.5 Å². The minimum atomic E-state index is -1.14. The second-order valence-electron chi connectivity index (χ2n) is 8.18. The number of aromatic nitrogens is 1. The summed E-state index contributed by atoms with van der Waals surface area (Å²) in [6.45, 7) is 0.0810. The van der Waals surface area contributed by atoms with Gasteiger partial charge in [0, 0.05) is 5.39 Å². The molecule has 0 saturated heterocycles. The van der Waals surface area contributed by atoms with Crippen LogP contribution in [0.1, 0.15) is 33.3 Å². The third-order valence-electron chi connectivity index (χ3n) is 5.66. The standard InChI is InChI=1S/C30H23ClFNO5/c1-3-13-37-29(18-38-28-12-11-23(36-2)16-24(28)30(34)35)21-6-4-5-19(14-21)7-9-22-10-8-20-15-26(32)25(31)17-27(20)33-22/h1,4-12,14-17,29H,13,18H2,2H3,(H,34,35)/b9-7+/t29-/m1/s1. The molecule has 0 unspecified atom stereocenters. The molecule has 0 bridgehead atoms. The van der Waals surface area contributed by atoms with Gasteiger partial charge >= 0.3 is 5.97 Å². The Bertz CT molecular complexity index is 1550. The smallest absolute Gasteiger partial charge is 0.339 e. The van der Waals surface area contributed by atoms with Gasteiger partial charge in [0.15, 0.2) is 0 Å². The minimum absolute atomic E-state index is 0.0178. The van der Waals surface area contributed by atoms with E-state index in [0.717, 1.165) is 11.1 Å². The first kappa shape index (κ1) is 26.7. The Balaban J connectivity index is 1.54. The lowest BCUT2D eigenvalue weighted by Crippen LogP contribution is -2.16. The molecule has 0 aliphatic carbocycles. The third-order valence-corrected chi connectivity index (χ3v) is 5.95. The average Bonchev–Trinajstić information content (AvgIpc) is 2.92. The van der Waals surface area contributed by atoms with E-state index in [1.165, 1.54) is 31.4 Å². The Morgan fingerprint density at radius 3 is 2.76 bits per heavy atom. The molecule has 0 amide bonds. The summed E-state index contributed by atoms with van der Waals surface area (Å²) in [5.74, 6) is 1.42. The molecule has 1 atom stereocenters. The maximum atomic E-state index is 13.7. The first-order chi connectivity index (χ1) is 18.4. The van der Waals surface area contributed by atoms with Gasteiger partial charge in [-0.1, -0.05) is 47.9 Å². The summed E-state index contributed by atoms with van der Waals surface area (Å²) in [4.78, 5) is 16.2. The number of fused-ring (bicyclic) bond motifs is 1. The van der Waals surface area contributed by atoms with Crippen LogP contribution in [-0.2, 0) is 4.74 Å². The quantitative estimate of drug-likeness (QED) is 0.230. The van der Waals surface area contributed by atoms with Crippen LogP contribution in [0.15, 0.2) is 66.7 Å². The van der Waals surface area contributed by atoms with Gasteiger partial charge < -0.3 is 19.3 Å². The average molecular weight is 532 g/mol. The van der Waals surface area contributed by atoms with Crippen molar-refractivity contribution in [2.24, 2.45) is 0 Å². The zero-order valence-electron chi connectivity index (χ0n) is 20.4. The number of halogens is 2. The number of carbonyl (C=O) groups is 1. The second kappa shape index (κ2) is 12.2. The van der Waals surface area contributed by atoms with Gasteiger partial charge in [-0.3, -0.25) is 0 Å².